The number of nitrogens with two attached hydrogens (primary N) is 1. The summed E-state index contributed by atoms with van der Waals surface area (Å²) in [5.41, 5.74) is 5.33. The minimum absolute atomic E-state index is 0.0148. The molecule has 92 valence electrons. The quantitative estimate of drug-likeness (QED) is 0.631. The highest BCUT2D eigenvalue weighted by atomic mass is 16.5. The van der Waals surface area contributed by atoms with Crippen LogP contribution < -0.4 is 11.1 Å². The second-order valence-electron chi connectivity index (χ2n) is 5.14. The van der Waals surface area contributed by atoms with Gasteiger partial charge in [-0.05, 0) is 44.4 Å². The molecule has 2 fully saturated rings. The van der Waals surface area contributed by atoms with E-state index in [2.05, 4.69) is 5.32 Å². The Hall–Kier alpha value is -0.610. The van der Waals surface area contributed by atoms with Crippen LogP contribution in [0.2, 0.25) is 0 Å². The number of amides is 1. The molecule has 2 aliphatic carbocycles. The van der Waals surface area contributed by atoms with E-state index >= 15 is 0 Å². The van der Waals surface area contributed by atoms with Crippen molar-refractivity contribution in [3.05, 3.63) is 0 Å². The van der Waals surface area contributed by atoms with Crippen LogP contribution in [0.4, 0.5) is 0 Å². The fourth-order valence-corrected chi connectivity index (χ4v) is 1.87. The van der Waals surface area contributed by atoms with Crippen LogP contribution in [0, 0.1) is 5.92 Å². The average Bonchev–Trinajstić information content (AvgIpc) is 3.03. The Labute approximate surface area is 96.9 Å². The van der Waals surface area contributed by atoms with E-state index in [0.29, 0.717) is 6.54 Å². The summed E-state index contributed by atoms with van der Waals surface area (Å²) in [6, 6.07) is 0. The molecule has 1 amide bonds. The molecule has 2 aliphatic rings. The molecule has 4 nitrogen and oxygen atoms in total. The number of hydrogen-bond donors (Lipinski definition) is 2. The van der Waals surface area contributed by atoms with E-state index in [1.54, 1.807) is 0 Å². The van der Waals surface area contributed by atoms with Gasteiger partial charge in [0.25, 0.3) is 0 Å². The molecule has 0 aliphatic heterocycles. The van der Waals surface area contributed by atoms with Crippen LogP contribution in [-0.4, -0.2) is 31.2 Å². The van der Waals surface area contributed by atoms with Crippen LogP contribution in [-0.2, 0) is 9.53 Å². The van der Waals surface area contributed by atoms with Crippen molar-refractivity contribution in [2.24, 2.45) is 11.7 Å². The van der Waals surface area contributed by atoms with Gasteiger partial charge in [-0.25, -0.2) is 0 Å². The topological polar surface area (TPSA) is 64.4 Å². The van der Waals surface area contributed by atoms with Crippen molar-refractivity contribution < 1.29 is 9.53 Å². The van der Waals surface area contributed by atoms with Gasteiger partial charge in [-0.3, -0.25) is 4.79 Å². The molecule has 4 heteroatoms. The third-order valence-electron chi connectivity index (χ3n) is 3.50. The number of carbonyl (C=O) groups excluding carboxylic acids is 1. The molecule has 0 aromatic heterocycles. The Balaban J connectivity index is 1.45. The third kappa shape index (κ3) is 3.19. The van der Waals surface area contributed by atoms with Gasteiger partial charge in [-0.2, -0.15) is 0 Å². The van der Waals surface area contributed by atoms with Crippen LogP contribution in [0.5, 0.6) is 0 Å². The summed E-state index contributed by atoms with van der Waals surface area (Å²) in [5, 5.41) is 2.88. The highest BCUT2D eigenvalue weighted by Gasteiger charge is 2.39. The molecule has 0 atom stereocenters. The van der Waals surface area contributed by atoms with Gasteiger partial charge in [0.2, 0.25) is 5.91 Å². The molecular weight excluding hydrogens is 204 g/mol. The second kappa shape index (κ2) is 5.15. The van der Waals surface area contributed by atoms with Crippen molar-refractivity contribution in [1.29, 1.82) is 0 Å². The predicted octanol–water partition coefficient (Wildman–Crippen LogP) is 0.801. The molecule has 0 aromatic rings. The lowest BCUT2D eigenvalue weighted by molar-refractivity contribution is -0.129. The van der Waals surface area contributed by atoms with Crippen LogP contribution >= 0.6 is 0 Å². The van der Waals surface area contributed by atoms with Gasteiger partial charge in [-0.1, -0.05) is 0 Å². The summed E-state index contributed by atoms with van der Waals surface area (Å²) >= 11 is 0. The minimum Gasteiger partial charge on any atom is -0.381 e. The zero-order valence-electron chi connectivity index (χ0n) is 9.84. The van der Waals surface area contributed by atoms with E-state index < -0.39 is 5.54 Å². The molecule has 0 bridgehead atoms. The van der Waals surface area contributed by atoms with Crippen LogP contribution in [0.1, 0.15) is 38.5 Å². The highest BCUT2D eigenvalue weighted by Crippen LogP contribution is 2.29. The molecule has 0 heterocycles. The van der Waals surface area contributed by atoms with Crippen LogP contribution in [0.3, 0.4) is 0 Å². The van der Waals surface area contributed by atoms with E-state index in [4.69, 9.17) is 10.5 Å². The lowest BCUT2D eigenvalue weighted by Gasteiger charge is -2.36. The molecule has 16 heavy (non-hydrogen) atoms. The molecule has 0 saturated heterocycles. The van der Waals surface area contributed by atoms with E-state index in [9.17, 15) is 4.79 Å². The molecule has 2 rings (SSSR count). The van der Waals surface area contributed by atoms with E-state index in [1.165, 1.54) is 12.8 Å². The fourth-order valence-electron chi connectivity index (χ4n) is 1.87. The summed E-state index contributed by atoms with van der Waals surface area (Å²) in [7, 11) is 0. The number of rotatable bonds is 7. The fraction of sp³-hybridized carbons (Fsp3) is 0.917. The number of hydrogen-bond acceptors (Lipinski definition) is 3. The Kier molecular flexibility index (Phi) is 3.82. The number of carbonyl (C=O) groups is 1. The summed E-state index contributed by atoms with van der Waals surface area (Å²) in [6.45, 7) is 2.32. The van der Waals surface area contributed by atoms with Crippen molar-refractivity contribution in [3.63, 3.8) is 0 Å². The van der Waals surface area contributed by atoms with Crippen molar-refractivity contribution in [3.8, 4) is 0 Å². The Morgan fingerprint density at radius 1 is 1.44 bits per heavy atom. The first-order valence-electron chi connectivity index (χ1n) is 6.36. The third-order valence-corrected chi connectivity index (χ3v) is 3.50. The molecule has 0 spiro atoms. The molecule has 0 unspecified atom stereocenters. The van der Waals surface area contributed by atoms with Gasteiger partial charge in [0, 0.05) is 19.8 Å². The SMILES string of the molecule is NC1(C(=O)NCCCOCC2CC2)CCC1. The standard InChI is InChI=1S/C12H22N2O2/c13-12(5-1-6-12)11(15)14-7-2-8-16-9-10-3-4-10/h10H,1-9,13H2,(H,14,15). The lowest BCUT2D eigenvalue weighted by Crippen LogP contribution is -2.58. The molecule has 0 radical (unpaired) electrons. The van der Waals surface area contributed by atoms with Gasteiger partial charge >= 0.3 is 0 Å². The maximum Gasteiger partial charge on any atom is 0.240 e. The van der Waals surface area contributed by atoms with Crippen LogP contribution in [0.25, 0.3) is 0 Å². The molecular formula is C12H22N2O2. The van der Waals surface area contributed by atoms with Crippen molar-refractivity contribution >= 4 is 5.91 Å². The van der Waals surface area contributed by atoms with Crippen molar-refractivity contribution in [2.45, 2.75) is 44.1 Å². The first-order valence-corrected chi connectivity index (χ1v) is 6.36. The van der Waals surface area contributed by atoms with Gasteiger partial charge < -0.3 is 15.8 Å². The largest absolute Gasteiger partial charge is 0.381 e. The smallest absolute Gasteiger partial charge is 0.240 e. The Morgan fingerprint density at radius 3 is 2.75 bits per heavy atom. The average molecular weight is 226 g/mol. The summed E-state index contributed by atoms with van der Waals surface area (Å²) < 4.78 is 5.48. The maximum absolute atomic E-state index is 11.6. The normalized spacial score (nSPS) is 22.6. The van der Waals surface area contributed by atoms with E-state index in [-0.39, 0.29) is 5.91 Å². The first kappa shape index (κ1) is 11.9. The first-order chi connectivity index (χ1) is 7.71. The number of ether oxygens (including phenoxy) is 1. The van der Waals surface area contributed by atoms with Gasteiger partial charge in [0.05, 0.1) is 5.54 Å². The minimum atomic E-state index is -0.561. The Bertz CT molecular complexity index is 247. The molecule has 2 saturated carbocycles. The lowest BCUT2D eigenvalue weighted by atomic mass is 9.77. The Morgan fingerprint density at radius 2 is 2.19 bits per heavy atom. The zero-order chi connectivity index (χ0) is 11.4. The van der Waals surface area contributed by atoms with E-state index in [0.717, 1.165) is 44.8 Å². The monoisotopic (exact) mass is 226 g/mol. The number of nitrogens with one attached hydrogen (secondary N) is 1. The predicted molar refractivity (Wildman–Crippen MR) is 61.9 cm³/mol. The van der Waals surface area contributed by atoms with Gasteiger partial charge in [0.1, 0.15) is 0 Å². The molecule has 0 aromatic carbocycles. The van der Waals surface area contributed by atoms with Gasteiger partial charge in [0.15, 0.2) is 0 Å². The summed E-state index contributed by atoms with van der Waals surface area (Å²) in [5.74, 6) is 0.831. The maximum atomic E-state index is 11.6. The molecule has 3 N–H and O–H groups in total. The summed E-state index contributed by atoms with van der Waals surface area (Å²) in [4.78, 5) is 11.6. The van der Waals surface area contributed by atoms with E-state index in [1.807, 2.05) is 0 Å². The zero-order valence-corrected chi connectivity index (χ0v) is 9.84. The summed E-state index contributed by atoms with van der Waals surface area (Å²) in [6.07, 6.45) is 6.27. The second-order valence-corrected chi connectivity index (χ2v) is 5.14. The van der Waals surface area contributed by atoms with Crippen LogP contribution in [0.15, 0.2) is 0 Å². The van der Waals surface area contributed by atoms with Gasteiger partial charge in [-0.15, -0.1) is 0 Å². The highest BCUT2D eigenvalue weighted by molar-refractivity contribution is 5.86. The van der Waals surface area contributed by atoms with Crippen molar-refractivity contribution in [1.82, 2.24) is 5.32 Å². The van der Waals surface area contributed by atoms with Crippen molar-refractivity contribution in [2.75, 3.05) is 19.8 Å².